The Kier molecular flexibility index (Phi) is 6.57. The van der Waals surface area contributed by atoms with Crippen molar-refractivity contribution in [3.63, 3.8) is 0 Å². The minimum Gasteiger partial charge on any atom is -0.389 e. The van der Waals surface area contributed by atoms with Crippen LogP contribution >= 0.6 is 11.6 Å². The highest BCUT2D eigenvalue weighted by atomic mass is 35.5. The van der Waals surface area contributed by atoms with Crippen molar-refractivity contribution < 1.29 is 19.7 Å². The quantitative estimate of drug-likeness (QED) is 0.454. The maximum absolute atomic E-state index is 11.8. The predicted molar refractivity (Wildman–Crippen MR) is 142 cm³/mol. The molecule has 0 spiro atoms. The molecule has 1 saturated carbocycles. The molecule has 0 bridgehead atoms. The van der Waals surface area contributed by atoms with Gasteiger partial charge in [-0.2, -0.15) is 0 Å². The lowest BCUT2D eigenvalue weighted by molar-refractivity contribution is -0.0136. The Labute approximate surface area is 221 Å². The molecule has 9 heteroatoms. The highest BCUT2D eigenvalue weighted by Crippen LogP contribution is 2.50. The Morgan fingerprint density at radius 1 is 1.08 bits per heavy atom. The van der Waals surface area contributed by atoms with Gasteiger partial charge in [0.15, 0.2) is 0 Å². The molecular formula is C28H33ClN4O4. The number of ether oxygens (including phenoxy) is 2. The smallest absolute Gasteiger partial charge is 0.223 e. The highest BCUT2D eigenvalue weighted by molar-refractivity contribution is 6.33. The van der Waals surface area contributed by atoms with Crippen LogP contribution in [0, 0.1) is 11.8 Å². The molecule has 1 aromatic carbocycles. The van der Waals surface area contributed by atoms with Crippen LogP contribution in [0.1, 0.15) is 50.2 Å². The highest BCUT2D eigenvalue weighted by Gasteiger charge is 2.48. The molecule has 2 aliphatic heterocycles. The van der Waals surface area contributed by atoms with Gasteiger partial charge >= 0.3 is 0 Å². The second kappa shape index (κ2) is 9.75. The number of anilines is 1. The fourth-order valence-corrected chi connectivity index (χ4v) is 6.51. The number of nitrogens with zero attached hydrogens (tertiary/aromatic N) is 3. The number of aliphatic hydroxyl groups excluding tert-OH is 1. The molecule has 3 aliphatic rings. The molecule has 5 atom stereocenters. The van der Waals surface area contributed by atoms with E-state index in [2.05, 4.69) is 30.2 Å². The molecule has 0 radical (unpaired) electrons. The third-order valence-electron chi connectivity index (χ3n) is 8.18. The van der Waals surface area contributed by atoms with Crippen LogP contribution in [0.5, 0.6) is 0 Å². The maximum atomic E-state index is 11.8. The van der Waals surface area contributed by atoms with E-state index in [-0.39, 0.29) is 18.6 Å². The molecule has 3 N–H and O–H groups in total. The zero-order chi connectivity index (χ0) is 25.7. The number of aromatic nitrogens is 3. The van der Waals surface area contributed by atoms with E-state index in [1.165, 1.54) is 0 Å². The van der Waals surface area contributed by atoms with Gasteiger partial charge in [0, 0.05) is 42.5 Å². The van der Waals surface area contributed by atoms with Gasteiger partial charge in [0.2, 0.25) is 5.95 Å². The van der Waals surface area contributed by atoms with Crippen LogP contribution < -0.4 is 5.32 Å². The number of hydrogen-bond acceptors (Lipinski definition) is 8. The van der Waals surface area contributed by atoms with Crippen LogP contribution in [0.3, 0.4) is 0 Å². The number of nitrogens with one attached hydrogen (secondary N) is 1. The van der Waals surface area contributed by atoms with Crippen molar-refractivity contribution in [3.8, 4) is 11.3 Å². The summed E-state index contributed by atoms with van der Waals surface area (Å²) in [5.74, 6) is 1.39. The molecule has 8 nitrogen and oxygen atoms in total. The second-order valence-corrected chi connectivity index (χ2v) is 11.4. The Hall–Kier alpha value is -2.36. The van der Waals surface area contributed by atoms with Gasteiger partial charge in [-0.05, 0) is 54.7 Å². The van der Waals surface area contributed by atoms with Crippen LogP contribution in [0.2, 0.25) is 5.02 Å². The van der Waals surface area contributed by atoms with Gasteiger partial charge < -0.3 is 25.0 Å². The molecule has 6 rings (SSSR count). The average Bonchev–Trinajstić information content (AvgIpc) is 3.44. The first-order chi connectivity index (χ1) is 17.8. The van der Waals surface area contributed by atoms with E-state index in [4.69, 9.17) is 31.0 Å². The molecule has 1 unspecified atom stereocenters. The Bertz CT molecular complexity index is 1310. The van der Waals surface area contributed by atoms with E-state index >= 15 is 0 Å². The topological polar surface area (TPSA) is 110 Å². The number of benzene rings is 1. The first kappa shape index (κ1) is 24.9. The minimum atomic E-state index is -0.899. The van der Waals surface area contributed by atoms with Crippen molar-refractivity contribution in [2.24, 2.45) is 11.8 Å². The van der Waals surface area contributed by atoms with Crippen molar-refractivity contribution in [3.05, 3.63) is 46.7 Å². The van der Waals surface area contributed by atoms with E-state index in [0.717, 1.165) is 40.8 Å². The third-order valence-corrected chi connectivity index (χ3v) is 8.45. The zero-order valence-corrected chi connectivity index (χ0v) is 21.9. The number of pyridine rings is 1. The molecule has 2 saturated heterocycles. The van der Waals surface area contributed by atoms with Gasteiger partial charge in [-0.15, -0.1) is 0 Å². The van der Waals surface area contributed by atoms with Gasteiger partial charge in [0.25, 0.3) is 0 Å². The van der Waals surface area contributed by atoms with E-state index in [1.807, 2.05) is 18.3 Å². The van der Waals surface area contributed by atoms with Crippen LogP contribution in [0.15, 0.2) is 30.6 Å². The standard InChI is InChI=1S/C28H33ClN4O4/c1-15(2)25-19-7-16(26-21(29)11-31-27(33-26)32-23-5-6-36-14-24(23)34)3-4-22(19)30-10-20(25)28(35)8-17-12-37-13-18(17)9-28/h3-4,7,10-11,15,17-18,23-24,34-35H,5-6,8-9,12-14H2,1-2H3,(H,31,32,33)/t17-,18+,23-,24-,28?/m1/s1. The number of hydrogen-bond donors (Lipinski definition) is 3. The number of aliphatic hydroxyl groups is 2. The van der Waals surface area contributed by atoms with Gasteiger partial charge in [-0.3, -0.25) is 4.98 Å². The summed E-state index contributed by atoms with van der Waals surface area (Å²) in [6.07, 6.45) is 4.91. The molecule has 37 heavy (non-hydrogen) atoms. The van der Waals surface area contributed by atoms with Crippen LogP contribution in [0.25, 0.3) is 22.2 Å². The Morgan fingerprint density at radius 3 is 2.59 bits per heavy atom. The zero-order valence-electron chi connectivity index (χ0n) is 21.2. The lowest BCUT2D eigenvalue weighted by atomic mass is 9.82. The summed E-state index contributed by atoms with van der Waals surface area (Å²) >= 11 is 6.58. The molecule has 3 fully saturated rings. The molecule has 3 aromatic rings. The lowest BCUT2D eigenvalue weighted by Gasteiger charge is -2.29. The summed E-state index contributed by atoms with van der Waals surface area (Å²) in [7, 11) is 0. The van der Waals surface area contributed by atoms with Gasteiger partial charge in [-0.1, -0.05) is 31.5 Å². The predicted octanol–water partition coefficient (Wildman–Crippen LogP) is 4.27. The summed E-state index contributed by atoms with van der Waals surface area (Å²) < 4.78 is 11.0. The van der Waals surface area contributed by atoms with Crippen LogP contribution in [0.4, 0.5) is 5.95 Å². The Balaban J connectivity index is 1.40. The number of rotatable bonds is 5. The first-order valence-corrected chi connectivity index (χ1v) is 13.5. The molecule has 2 aromatic heterocycles. The van der Waals surface area contributed by atoms with Gasteiger partial charge in [-0.25, -0.2) is 9.97 Å². The SMILES string of the molecule is CC(C)c1c(C2(O)C[C@H]3COC[C@H]3C2)cnc2ccc(-c3nc(N[C@@H]4CCOC[C@H]4O)ncc3Cl)cc12. The fraction of sp³-hybridized carbons (Fsp3) is 0.536. The van der Waals surface area contributed by atoms with Crippen molar-refractivity contribution in [2.75, 3.05) is 31.7 Å². The van der Waals surface area contributed by atoms with E-state index < -0.39 is 11.7 Å². The molecule has 1 aliphatic carbocycles. The minimum absolute atomic E-state index is 0.185. The first-order valence-electron chi connectivity index (χ1n) is 13.1. The maximum Gasteiger partial charge on any atom is 0.223 e. The average molecular weight is 525 g/mol. The second-order valence-electron chi connectivity index (χ2n) is 11.0. The van der Waals surface area contributed by atoms with E-state index in [0.29, 0.717) is 54.4 Å². The molecule has 196 valence electrons. The van der Waals surface area contributed by atoms with Crippen molar-refractivity contribution in [1.29, 1.82) is 0 Å². The van der Waals surface area contributed by atoms with E-state index in [9.17, 15) is 10.2 Å². The van der Waals surface area contributed by atoms with Crippen molar-refractivity contribution in [2.45, 2.75) is 56.8 Å². The summed E-state index contributed by atoms with van der Waals surface area (Å²) in [5.41, 5.74) is 3.46. The van der Waals surface area contributed by atoms with Crippen molar-refractivity contribution in [1.82, 2.24) is 15.0 Å². The van der Waals surface area contributed by atoms with E-state index in [1.54, 1.807) is 6.20 Å². The fourth-order valence-electron chi connectivity index (χ4n) is 6.31. The third kappa shape index (κ3) is 4.59. The normalized spacial score (nSPS) is 29.7. The van der Waals surface area contributed by atoms with Crippen LogP contribution in [-0.2, 0) is 15.1 Å². The summed E-state index contributed by atoms with van der Waals surface area (Å²) in [6, 6.07) is 5.84. The summed E-state index contributed by atoms with van der Waals surface area (Å²) in [5, 5.41) is 26.8. The Morgan fingerprint density at radius 2 is 1.86 bits per heavy atom. The van der Waals surface area contributed by atoms with Gasteiger partial charge in [0.1, 0.15) is 0 Å². The molecule has 4 heterocycles. The van der Waals surface area contributed by atoms with Crippen molar-refractivity contribution >= 4 is 28.5 Å². The monoisotopic (exact) mass is 524 g/mol. The largest absolute Gasteiger partial charge is 0.389 e. The lowest BCUT2D eigenvalue weighted by Crippen LogP contribution is -2.42. The number of halogens is 1. The molecular weight excluding hydrogens is 492 g/mol. The summed E-state index contributed by atoms with van der Waals surface area (Å²) in [6.45, 7) is 6.63. The molecule has 0 amide bonds. The number of fused-ring (bicyclic) bond motifs is 2. The van der Waals surface area contributed by atoms with Crippen LogP contribution in [-0.4, -0.2) is 63.7 Å². The van der Waals surface area contributed by atoms with Gasteiger partial charge in [0.05, 0.1) is 46.8 Å². The summed E-state index contributed by atoms with van der Waals surface area (Å²) in [4.78, 5) is 13.8.